The van der Waals surface area contributed by atoms with Gasteiger partial charge in [0.05, 0.1) is 18.4 Å². The van der Waals surface area contributed by atoms with E-state index in [-0.39, 0.29) is 22.7 Å². The molecular formula is C13H9F2N3O2. The lowest BCUT2D eigenvalue weighted by atomic mass is 10.2. The van der Waals surface area contributed by atoms with Crippen LogP contribution in [0.5, 0.6) is 5.75 Å². The summed E-state index contributed by atoms with van der Waals surface area (Å²) >= 11 is 0. The van der Waals surface area contributed by atoms with Gasteiger partial charge in [-0.1, -0.05) is 0 Å². The molecule has 0 saturated carbocycles. The first-order chi connectivity index (χ1) is 9.47. The number of ether oxygens (including phenoxy) is 1. The summed E-state index contributed by atoms with van der Waals surface area (Å²) in [6.07, 6.45) is 0. The second kappa shape index (κ2) is 5.09. The van der Waals surface area contributed by atoms with Crippen LogP contribution in [-0.2, 0) is 0 Å². The molecule has 7 heteroatoms. The summed E-state index contributed by atoms with van der Waals surface area (Å²) < 4.78 is 32.9. The van der Waals surface area contributed by atoms with E-state index < -0.39 is 17.2 Å². The second-order valence-electron chi connectivity index (χ2n) is 3.97. The first-order valence-corrected chi connectivity index (χ1v) is 5.52. The van der Waals surface area contributed by atoms with Gasteiger partial charge < -0.3 is 4.74 Å². The highest BCUT2D eigenvalue weighted by molar-refractivity contribution is 5.50. The van der Waals surface area contributed by atoms with E-state index in [1.165, 1.54) is 14.0 Å². The Balaban J connectivity index is 2.77. The fourth-order valence-corrected chi connectivity index (χ4v) is 1.70. The molecule has 0 amide bonds. The van der Waals surface area contributed by atoms with Gasteiger partial charge in [-0.15, -0.1) is 0 Å². The Bertz CT molecular complexity index is 778. The van der Waals surface area contributed by atoms with Gasteiger partial charge in [0.1, 0.15) is 17.5 Å². The van der Waals surface area contributed by atoms with Crippen molar-refractivity contribution in [2.75, 3.05) is 7.11 Å². The Kier molecular flexibility index (Phi) is 3.48. The van der Waals surface area contributed by atoms with E-state index in [0.29, 0.717) is 4.68 Å². The Morgan fingerprint density at radius 1 is 1.30 bits per heavy atom. The maximum Gasteiger partial charge on any atom is 0.307 e. The van der Waals surface area contributed by atoms with Gasteiger partial charge >= 0.3 is 5.56 Å². The van der Waals surface area contributed by atoms with Crippen molar-refractivity contribution >= 4 is 0 Å². The third kappa shape index (κ3) is 2.23. The van der Waals surface area contributed by atoms with Crippen molar-refractivity contribution in [3.63, 3.8) is 0 Å². The maximum absolute atomic E-state index is 14.0. The van der Waals surface area contributed by atoms with Crippen LogP contribution < -0.4 is 10.3 Å². The molecule has 1 aromatic carbocycles. The van der Waals surface area contributed by atoms with E-state index in [9.17, 15) is 13.6 Å². The molecule has 0 unspecified atom stereocenters. The first-order valence-electron chi connectivity index (χ1n) is 5.52. The molecule has 0 radical (unpaired) electrons. The zero-order chi connectivity index (χ0) is 14.9. The fourth-order valence-electron chi connectivity index (χ4n) is 1.70. The number of aromatic nitrogens is 2. The van der Waals surface area contributed by atoms with E-state index in [0.717, 1.165) is 18.2 Å². The minimum absolute atomic E-state index is 0.0325. The molecule has 0 N–H and O–H groups in total. The van der Waals surface area contributed by atoms with E-state index in [1.54, 1.807) is 6.07 Å². The minimum Gasteiger partial charge on any atom is -0.495 e. The van der Waals surface area contributed by atoms with Crippen LogP contribution in [0.1, 0.15) is 11.3 Å². The highest BCUT2D eigenvalue weighted by Crippen LogP contribution is 2.23. The summed E-state index contributed by atoms with van der Waals surface area (Å²) in [5.74, 6) is -1.85. The molecule has 0 aliphatic carbocycles. The minimum atomic E-state index is -1.08. The number of methoxy groups -OCH3 is 1. The molecular weight excluding hydrogens is 268 g/mol. The third-order valence-electron chi connectivity index (χ3n) is 2.61. The van der Waals surface area contributed by atoms with E-state index in [2.05, 4.69) is 5.10 Å². The largest absolute Gasteiger partial charge is 0.495 e. The van der Waals surface area contributed by atoms with E-state index in [4.69, 9.17) is 10.00 Å². The van der Waals surface area contributed by atoms with Crippen molar-refractivity contribution in [2.24, 2.45) is 0 Å². The van der Waals surface area contributed by atoms with E-state index in [1.807, 2.05) is 0 Å². The first kappa shape index (κ1) is 13.7. The van der Waals surface area contributed by atoms with Crippen LogP contribution in [0.3, 0.4) is 0 Å². The Hall–Kier alpha value is -2.75. The number of hydrogen-bond acceptors (Lipinski definition) is 4. The van der Waals surface area contributed by atoms with Gasteiger partial charge in [0.2, 0.25) is 0 Å². The predicted octanol–water partition coefficient (Wildman–Crippen LogP) is 1.70. The summed E-state index contributed by atoms with van der Waals surface area (Å²) in [7, 11) is 1.30. The molecule has 0 bridgehead atoms. The molecule has 0 saturated heterocycles. The molecule has 1 heterocycles. The highest BCUT2D eigenvalue weighted by Gasteiger charge is 2.16. The molecule has 102 valence electrons. The third-order valence-corrected chi connectivity index (χ3v) is 2.61. The number of rotatable bonds is 2. The normalized spacial score (nSPS) is 10.2. The van der Waals surface area contributed by atoms with Gasteiger partial charge in [0.25, 0.3) is 0 Å². The lowest BCUT2D eigenvalue weighted by Gasteiger charge is -2.10. The fraction of sp³-hybridized carbons (Fsp3) is 0.154. The molecule has 2 aromatic rings. The van der Waals surface area contributed by atoms with Gasteiger partial charge in [-0.2, -0.15) is 15.0 Å². The topological polar surface area (TPSA) is 67.9 Å². The summed E-state index contributed by atoms with van der Waals surface area (Å²) in [6.45, 7) is 1.47. The van der Waals surface area contributed by atoms with Crippen LogP contribution in [0.25, 0.3) is 5.69 Å². The van der Waals surface area contributed by atoms with Crippen LogP contribution in [0.4, 0.5) is 8.78 Å². The molecule has 0 spiro atoms. The standard InChI is InChI=1S/C13H9F2N3O2/c1-7-3-10(15)13(19)18(17-7)11-5-12(20-2)8(6-16)4-9(11)14/h3-5H,1-2H3. The monoisotopic (exact) mass is 277 g/mol. The summed E-state index contributed by atoms with van der Waals surface area (Å²) in [5.41, 5.74) is -1.19. The molecule has 0 aliphatic heterocycles. The zero-order valence-electron chi connectivity index (χ0n) is 10.6. The van der Waals surface area contributed by atoms with Crippen molar-refractivity contribution < 1.29 is 13.5 Å². The summed E-state index contributed by atoms with van der Waals surface area (Å²) in [4.78, 5) is 11.7. The smallest absolute Gasteiger partial charge is 0.307 e. The average Bonchev–Trinajstić information content (AvgIpc) is 2.42. The van der Waals surface area contributed by atoms with Gasteiger partial charge in [-0.3, -0.25) is 4.79 Å². The number of hydrogen-bond donors (Lipinski definition) is 0. The number of halogens is 2. The molecule has 1 aromatic heterocycles. The lowest BCUT2D eigenvalue weighted by molar-refractivity contribution is 0.411. The second-order valence-corrected chi connectivity index (χ2v) is 3.97. The molecule has 0 fully saturated rings. The van der Waals surface area contributed by atoms with Crippen molar-refractivity contribution in [1.29, 1.82) is 5.26 Å². The van der Waals surface area contributed by atoms with Crippen molar-refractivity contribution in [1.82, 2.24) is 9.78 Å². The number of aryl methyl sites for hydroxylation is 1. The van der Waals surface area contributed by atoms with Gasteiger partial charge in [0.15, 0.2) is 11.6 Å². The van der Waals surface area contributed by atoms with Crippen molar-refractivity contribution in [3.05, 3.63) is 51.4 Å². The average molecular weight is 277 g/mol. The Morgan fingerprint density at radius 3 is 2.60 bits per heavy atom. The van der Waals surface area contributed by atoms with Crippen molar-refractivity contribution in [3.8, 4) is 17.5 Å². The highest BCUT2D eigenvalue weighted by atomic mass is 19.1. The van der Waals surface area contributed by atoms with Crippen LogP contribution in [0.2, 0.25) is 0 Å². The molecule has 5 nitrogen and oxygen atoms in total. The van der Waals surface area contributed by atoms with Crippen LogP contribution in [0.15, 0.2) is 23.0 Å². The lowest BCUT2D eigenvalue weighted by Crippen LogP contribution is -2.25. The number of nitriles is 1. The summed E-state index contributed by atoms with van der Waals surface area (Å²) in [5, 5.41) is 12.6. The Labute approximate surface area is 112 Å². The SMILES string of the molecule is COc1cc(-n2nc(C)cc(F)c2=O)c(F)cc1C#N. The molecule has 20 heavy (non-hydrogen) atoms. The molecule has 2 rings (SSSR count). The van der Waals surface area contributed by atoms with Crippen LogP contribution in [-0.4, -0.2) is 16.9 Å². The predicted molar refractivity (Wildman–Crippen MR) is 65.8 cm³/mol. The summed E-state index contributed by atoms with van der Waals surface area (Å²) in [6, 6.07) is 4.74. The number of benzene rings is 1. The Morgan fingerprint density at radius 2 is 2.00 bits per heavy atom. The van der Waals surface area contributed by atoms with Crippen LogP contribution in [0, 0.1) is 29.9 Å². The maximum atomic E-state index is 14.0. The van der Waals surface area contributed by atoms with Gasteiger partial charge in [-0.25, -0.2) is 8.78 Å². The van der Waals surface area contributed by atoms with E-state index >= 15 is 0 Å². The zero-order valence-corrected chi connectivity index (χ0v) is 10.6. The molecule has 0 aliphatic rings. The van der Waals surface area contributed by atoms with Crippen molar-refractivity contribution in [2.45, 2.75) is 6.92 Å². The van der Waals surface area contributed by atoms with Gasteiger partial charge in [0, 0.05) is 12.1 Å². The molecule has 0 atom stereocenters. The quantitative estimate of drug-likeness (QED) is 0.837. The van der Waals surface area contributed by atoms with Crippen LogP contribution >= 0.6 is 0 Å². The number of nitrogens with zero attached hydrogens (tertiary/aromatic N) is 3. The van der Waals surface area contributed by atoms with Gasteiger partial charge in [-0.05, 0) is 13.0 Å².